The van der Waals surface area contributed by atoms with Crippen molar-refractivity contribution in [3.8, 4) is 0 Å². The van der Waals surface area contributed by atoms with Crippen molar-refractivity contribution in [2.75, 3.05) is 13.4 Å². The summed E-state index contributed by atoms with van der Waals surface area (Å²) in [6.45, 7) is 4.08. The van der Waals surface area contributed by atoms with Gasteiger partial charge in [0, 0.05) is 22.7 Å². The number of ether oxygens (including phenoxy) is 1. The number of aromatic nitrogens is 2. The molecule has 2 heterocycles. The largest absolute Gasteiger partial charge is 0.468 e. The third-order valence-electron chi connectivity index (χ3n) is 5.29. The summed E-state index contributed by atoms with van der Waals surface area (Å²) < 4.78 is 6.52. The molecule has 0 fully saturated rings. The molecule has 1 aromatic carbocycles. The molecule has 1 atom stereocenters. The van der Waals surface area contributed by atoms with Gasteiger partial charge in [0.15, 0.2) is 0 Å². The summed E-state index contributed by atoms with van der Waals surface area (Å²) in [7, 11) is 1.38. The van der Waals surface area contributed by atoms with Crippen LogP contribution in [-0.2, 0) is 20.8 Å². The van der Waals surface area contributed by atoms with E-state index in [1.165, 1.54) is 18.9 Å². The first kappa shape index (κ1) is 21.6. The van der Waals surface area contributed by atoms with Crippen LogP contribution < -0.4 is 5.56 Å². The summed E-state index contributed by atoms with van der Waals surface area (Å²) in [5, 5.41) is 1.02. The predicted molar refractivity (Wildman–Crippen MR) is 121 cm³/mol. The Morgan fingerprint density at radius 1 is 1.31 bits per heavy atom. The molecule has 0 amide bonds. The summed E-state index contributed by atoms with van der Waals surface area (Å²) in [5.41, 5.74) is 2.94. The van der Waals surface area contributed by atoms with E-state index in [1.54, 1.807) is 17.7 Å². The van der Waals surface area contributed by atoms with E-state index in [2.05, 4.69) is 20.9 Å². The van der Waals surface area contributed by atoms with Gasteiger partial charge in [0.25, 0.3) is 5.56 Å². The number of para-hydroxylation sites is 1. The number of carbonyl (C=O) groups is 1. The number of fused-ring (bicyclic) bond motifs is 1. The fourth-order valence-electron chi connectivity index (χ4n) is 3.63. The minimum atomic E-state index is -0.887. The molecule has 1 unspecified atom stereocenters. The molecule has 3 rings (SSSR count). The highest BCUT2D eigenvalue weighted by Crippen LogP contribution is 2.40. The van der Waals surface area contributed by atoms with E-state index >= 15 is 0 Å². The van der Waals surface area contributed by atoms with Crippen LogP contribution in [0.25, 0.3) is 10.9 Å². The molecular formula is C22H23BrN2O3S. The second-order valence-electron chi connectivity index (χ2n) is 6.79. The van der Waals surface area contributed by atoms with Crippen molar-refractivity contribution in [3.63, 3.8) is 0 Å². The molecule has 0 aliphatic rings. The van der Waals surface area contributed by atoms with Gasteiger partial charge in [-0.1, -0.05) is 25.1 Å². The van der Waals surface area contributed by atoms with E-state index in [-0.39, 0.29) is 11.5 Å². The predicted octanol–water partition coefficient (Wildman–Crippen LogP) is 4.66. The third kappa shape index (κ3) is 3.85. The zero-order chi connectivity index (χ0) is 21.2. The van der Waals surface area contributed by atoms with Crippen LogP contribution in [0.3, 0.4) is 0 Å². The van der Waals surface area contributed by atoms with Crippen LogP contribution in [0.2, 0.25) is 0 Å². The van der Waals surface area contributed by atoms with Gasteiger partial charge < -0.3 is 9.30 Å². The van der Waals surface area contributed by atoms with Crippen molar-refractivity contribution < 1.29 is 9.53 Å². The van der Waals surface area contributed by atoms with Gasteiger partial charge in [0.05, 0.1) is 19.2 Å². The second-order valence-corrected chi connectivity index (χ2v) is 8.65. The molecule has 152 valence electrons. The topological polar surface area (TPSA) is 61.2 Å². The number of rotatable bonds is 6. The van der Waals surface area contributed by atoms with E-state index in [0.717, 1.165) is 16.5 Å². The van der Waals surface area contributed by atoms with Gasteiger partial charge in [-0.05, 0) is 59.3 Å². The van der Waals surface area contributed by atoms with Gasteiger partial charge in [-0.15, -0.1) is 11.8 Å². The van der Waals surface area contributed by atoms with E-state index < -0.39 is 4.75 Å². The van der Waals surface area contributed by atoms with Crippen LogP contribution >= 0.6 is 27.7 Å². The average Bonchev–Trinajstić information content (AvgIpc) is 2.74. The highest BCUT2D eigenvalue weighted by molar-refractivity contribution is 9.10. The maximum Gasteiger partial charge on any atom is 0.326 e. The van der Waals surface area contributed by atoms with Crippen molar-refractivity contribution >= 4 is 44.6 Å². The van der Waals surface area contributed by atoms with E-state index in [0.29, 0.717) is 28.7 Å². The number of nitrogens with zero attached hydrogens (tertiary/aromatic N) is 2. The quantitative estimate of drug-likeness (QED) is 0.384. The maximum atomic E-state index is 13.1. The molecule has 2 aromatic heterocycles. The number of benzene rings is 1. The standard InChI is InChI=1S/C22H23BrN2O3S/c1-5-22(29-4,21(27)28-3)17-10-11-25(20(26)14(17)2)13-16-12-15-8-6-7-9-18(15)24-19(16)23/h6-12H,5,13H2,1-4H3. The molecule has 0 saturated carbocycles. The number of esters is 1. The highest BCUT2D eigenvalue weighted by Gasteiger charge is 2.41. The lowest BCUT2D eigenvalue weighted by molar-refractivity contribution is -0.143. The molecular weight excluding hydrogens is 452 g/mol. The summed E-state index contributed by atoms with van der Waals surface area (Å²) in [6, 6.07) is 11.8. The Labute approximate surface area is 182 Å². The van der Waals surface area contributed by atoms with E-state index in [1.807, 2.05) is 49.6 Å². The van der Waals surface area contributed by atoms with Crippen LogP contribution in [0.15, 0.2) is 52.0 Å². The van der Waals surface area contributed by atoms with Crippen molar-refractivity contribution in [3.05, 3.63) is 74.2 Å². The number of hydrogen-bond acceptors (Lipinski definition) is 5. The zero-order valence-corrected chi connectivity index (χ0v) is 19.3. The maximum absolute atomic E-state index is 13.1. The third-order valence-corrected chi connectivity index (χ3v) is 7.35. The van der Waals surface area contributed by atoms with Crippen LogP contribution in [0.5, 0.6) is 0 Å². The van der Waals surface area contributed by atoms with Gasteiger partial charge in [-0.3, -0.25) is 9.59 Å². The number of methoxy groups -OCH3 is 1. The summed E-state index contributed by atoms with van der Waals surface area (Å²) >= 11 is 4.92. The molecule has 29 heavy (non-hydrogen) atoms. The van der Waals surface area contributed by atoms with Crippen molar-refractivity contribution in [2.45, 2.75) is 31.6 Å². The van der Waals surface area contributed by atoms with Gasteiger partial charge in [0.2, 0.25) is 0 Å². The molecule has 0 spiro atoms. The Balaban J connectivity index is 2.06. The Hall–Kier alpha value is -2.12. The first-order valence-corrected chi connectivity index (χ1v) is 11.3. The first-order chi connectivity index (χ1) is 13.9. The van der Waals surface area contributed by atoms with E-state index in [4.69, 9.17) is 4.74 Å². The van der Waals surface area contributed by atoms with Crippen molar-refractivity contribution in [1.82, 2.24) is 9.55 Å². The minimum absolute atomic E-state index is 0.127. The number of carbonyl (C=O) groups excluding carboxylic acids is 1. The van der Waals surface area contributed by atoms with Gasteiger partial charge in [0.1, 0.15) is 9.35 Å². The summed E-state index contributed by atoms with van der Waals surface area (Å²) in [6.07, 6.45) is 4.14. The smallest absolute Gasteiger partial charge is 0.326 e. The Bertz CT molecular complexity index is 1120. The average molecular weight is 475 g/mol. The number of halogens is 1. The molecule has 0 bridgehead atoms. The fourth-order valence-corrected chi connectivity index (χ4v) is 5.04. The number of hydrogen-bond donors (Lipinski definition) is 0. The number of thioether (sulfide) groups is 1. The lowest BCUT2D eigenvalue weighted by Crippen LogP contribution is -2.36. The zero-order valence-electron chi connectivity index (χ0n) is 16.9. The fraction of sp³-hybridized carbons (Fsp3) is 0.318. The normalized spacial score (nSPS) is 13.3. The molecule has 0 aliphatic heterocycles. The van der Waals surface area contributed by atoms with Crippen LogP contribution in [0, 0.1) is 6.92 Å². The molecule has 5 nitrogen and oxygen atoms in total. The summed E-state index contributed by atoms with van der Waals surface area (Å²) in [4.78, 5) is 30.2. The van der Waals surface area contributed by atoms with Crippen molar-refractivity contribution in [2.24, 2.45) is 0 Å². The highest BCUT2D eigenvalue weighted by atomic mass is 79.9. The van der Waals surface area contributed by atoms with Crippen LogP contribution in [-0.4, -0.2) is 28.9 Å². The molecule has 0 radical (unpaired) electrons. The Kier molecular flexibility index (Phi) is 6.49. The van der Waals surface area contributed by atoms with Gasteiger partial charge >= 0.3 is 5.97 Å². The van der Waals surface area contributed by atoms with Gasteiger partial charge in [-0.25, -0.2) is 4.98 Å². The minimum Gasteiger partial charge on any atom is -0.468 e. The monoisotopic (exact) mass is 474 g/mol. The lowest BCUT2D eigenvalue weighted by atomic mass is 9.92. The second kappa shape index (κ2) is 8.71. The Morgan fingerprint density at radius 3 is 2.69 bits per heavy atom. The molecule has 0 N–H and O–H groups in total. The Morgan fingerprint density at radius 2 is 2.03 bits per heavy atom. The van der Waals surface area contributed by atoms with Gasteiger partial charge in [-0.2, -0.15) is 0 Å². The molecule has 7 heteroatoms. The molecule has 0 saturated heterocycles. The van der Waals surface area contributed by atoms with Crippen LogP contribution in [0.4, 0.5) is 0 Å². The SMILES string of the molecule is CCC(SC)(C(=O)OC)c1ccn(Cc2cc3ccccc3nc2Br)c(=O)c1C. The number of pyridine rings is 2. The lowest BCUT2D eigenvalue weighted by Gasteiger charge is -2.29. The van der Waals surface area contributed by atoms with Crippen LogP contribution in [0.1, 0.15) is 30.0 Å². The molecule has 3 aromatic rings. The molecule has 0 aliphatic carbocycles. The van der Waals surface area contributed by atoms with E-state index in [9.17, 15) is 9.59 Å². The van der Waals surface area contributed by atoms with Crippen molar-refractivity contribution in [1.29, 1.82) is 0 Å². The first-order valence-electron chi connectivity index (χ1n) is 9.26. The summed E-state index contributed by atoms with van der Waals surface area (Å²) in [5.74, 6) is -0.339.